The van der Waals surface area contributed by atoms with Crippen LogP contribution in [0.4, 0.5) is 11.4 Å². The molecular formula is C21H22N2OS2. The molecule has 0 saturated carbocycles. The summed E-state index contributed by atoms with van der Waals surface area (Å²) in [7, 11) is 0. The van der Waals surface area contributed by atoms with Gasteiger partial charge in [-0.05, 0) is 56.7 Å². The van der Waals surface area contributed by atoms with Crippen LogP contribution < -0.4 is 9.80 Å². The molecule has 1 fully saturated rings. The molecule has 1 aliphatic rings. The minimum Gasteiger partial charge on any atom is -0.372 e. The first-order valence-corrected chi connectivity index (χ1v) is 9.95. The van der Waals surface area contributed by atoms with Crippen LogP contribution >= 0.6 is 24.0 Å². The smallest absolute Gasteiger partial charge is 0.270 e. The summed E-state index contributed by atoms with van der Waals surface area (Å²) in [5, 5.41) is 0. The minimum atomic E-state index is -0.0586. The fourth-order valence-electron chi connectivity index (χ4n) is 2.91. The van der Waals surface area contributed by atoms with Crippen LogP contribution in [0.3, 0.4) is 0 Å². The second kappa shape index (κ2) is 8.06. The Bertz CT molecular complexity index is 837. The van der Waals surface area contributed by atoms with Gasteiger partial charge < -0.3 is 4.90 Å². The second-order valence-electron chi connectivity index (χ2n) is 6.12. The van der Waals surface area contributed by atoms with E-state index in [-0.39, 0.29) is 5.91 Å². The maximum absolute atomic E-state index is 12.8. The lowest BCUT2D eigenvalue weighted by Gasteiger charge is -2.20. The average molecular weight is 383 g/mol. The highest BCUT2D eigenvalue weighted by Gasteiger charge is 2.33. The Morgan fingerprint density at radius 3 is 2.23 bits per heavy atom. The van der Waals surface area contributed by atoms with Gasteiger partial charge in [-0.1, -0.05) is 53.8 Å². The van der Waals surface area contributed by atoms with Gasteiger partial charge in [-0.15, -0.1) is 0 Å². The van der Waals surface area contributed by atoms with Gasteiger partial charge in [0.15, 0.2) is 4.32 Å². The standard InChI is InChI=1S/C21H22N2OS2/c1-4-22(5-2)17-12-8-16(9-13-17)14-19-20(24)23(21(25)26-19)18-10-6-15(3)7-11-18/h6-14H,4-5H2,1-3H3/b19-14+. The normalized spacial score (nSPS) is 15.8. The van der Waals surface area contributed by atoms with E-state index in [1.54, 1.807) is 4.90 Å². The number of thioether (sulfide) groups is 1. The minimum absolute atomic E-state index is 0.0586. The number of carbonyl (C=O) groups is 1. The van der Waals surface area contributed by atoms with Crippen LogP contribution in [0.15, 0.2) is 53.4 Å². The number of nitrogens with zero attached hydrogens (tertiary/aromatic N) is 2. The van der Waals surface area contributed by atoms with Crippen molar-refractivity contribution in [3.63, 3.8) is 0 Å². The summed E-state index contributed by atoms with van der Waals surface area (Å²) in [6.45, 7) is 8.27. The summed E-state index contributed by atoms with van der Waals surface area (Å²) >= 11 is 6.79. The third-order valence-electron chi connectivity index (χ3n) is 4.41. The summed E-state index contributed by atoms with van der Waals surface area (Å²) in [6.07, 6.45) is 1.92. The Morgan fingerprint density at radius 2 is 1.65 bits per heavy atom. The molecule has 3 nitrogen and oxygen atoms in total. The first-order chi connectivity index (χ1) is 12.5. The van der Waals surface area contributed by atoms with Crippen LogP contribution in [0.25, 0.3) is 6.08 Å². The molecule has 0 aromatic heterocycles. The molecule has 3 rings (SSSR count). The third kappa shape index (κ3) is 3.84. The molecule has 5 heteroatoms. The van der Waals surface area contributed by atoms with Crippen molar-refractivity contribution in [1.82, 2.24) is 0 Å². The van der Waals surface area contributed by atoms with Crippen molar-refractivity contribution < 1.29 is 4.79 Å². The Kier molecular flexibility index (Phi) is 5.79. The average Bonchev–Trinajstić information content (AvgIpc) is 2.92. The number of anilines is 2. The van der Waals surface area contributed by atoms with Crippen molar-refractivity contribution >= 4 is 51.7 Å². The lowest BCUT2D eigenvalue weighted by Crippen LogP contribution is -2.27. The molecule has 2 aromatic rings. The molecule has 26 heavy (non-hydrogen) atoms. The van der Waals surface area contributed by atoms with Gasteiger partial charge in [0.1, 0.15) is 0 Å². The quantitative estimate of drug-likeness (QED) is 0.521. The predicted octanol–water partition coefficient (Wildman–Crippen LogP) is 5.25. The highest BCUT2D eigenvalue weighted by molar-refractivity contribution is 8.27. The zero-order chi connectivity index (χ0) is 18.7. The zero-order valence-electron chi connectivity index (χ0n) is 15.2. The monoisotopic (exact) mass is 382 g/mol. The highest BCUT2D eigenvalue weighted by Crippen LogP contribution is 2.36. The van der Waals surface area contributed by atoms with Crippen molar-refractivity contribution in [2.45, 2.75) is 20.8 Å². The number of carbonyl (C=O) groups excluding carboxylic acids is 1. The van der Waals surface area contributed by atoms with Crippen LogP contribution in [-0.2, 0) is 4.79 Å². The van der Waals surface area contributed by atoms with Crippen LogP contribution in [0, 0.1) is 6.92 Å². The molecule has 0 unspecified atom stereocenters. The fraction of sp³-hybridized carbons (Fsp3) is 0.238. The van der Waals surface area contributed by atoms with E-state index in [1.165, 1.54) is 17.4 Å². The molecule has 0 bridgehead atoms. The van der Waals surface area contributed by atoms with Gasteiger partial charge in [-0.3, -0.25) is 9.69 Å². The van der Waals surface area contributed by atoms with Gasteiger partial charge in [0.2, 0.25) is 0 Å². The van der Waals surface area contributed by atoms with E-state index in [0.717, 1.165) is 29.9 Å². The van der Waals surface area contributed by atoms with E-state index < -0.39 is 0 Å². The number of hydrogen-bond acceptors (Lipinski definition) is 4. The number of aryl methyl sites for hydroxylation is 1. The fourth-order valence-corrected chi connectivity index (χ4v) is 4.20. The van der Waals surface area contributed by atoms with Crippen molar-refractivity contribution in [2.24, 2.45) is 0 Å². The Labute approximate surface area is 164 Å². The first-order valence-electron chi connectivity index (χ1n) is 8.73. The summed E-state index contributed by atoms with van der Waals surface area (Å²) in [6, 6.07) is 16.1. The summed E-state index contributed by atoms with van der Waals surface area (Å²) in [5.74, 6) is -0.0586. The Morgan fingerprint density at radius 1 is 1.04 bits per heavy atom. The predicted molar refractivity (Wildman–Crippen MR) is 117 cm³/mol. The second-order valence-corrected chi connectivity index (χ2v) is 7.79. The number of hydrogen-bond donors (Lipinski definition) is 0. The summed E-state index contributed by atoms with van der Waals surface area (Å²) < 4.78 is 0.574. The lowest BCUT2D eigenvalue weighted by atomic mass is 10.1. The molecule has 134 valence electrons. The number of thiocarbonyl (C=S) groups is 1. The van der Waals surface area contributed by atoms with E-state index in [4.69, 9.17) is 12.2 Å². The molecule has 2 aromatic carbocycles. The molecular weight excluding hydrogens is 360 g/mol. The number of amides is 1. The van der Waals surface area contributed by atoms with Crippen molar-refractivity contribution in [3.8, 4) is 0 Å². The van der Waals surface area contributed by atoms with Gasteiger partial charge >= 0.3 is 0 Å². The van der Waals surface area contributed by atoms with E-state index >= 15 is 0 Å². The molecule has 1 amide bonds. The molecule has 0 atom stereocenters. The van der Waals surface area contributed by atoms with Gasteiger partial charge in [-0.2, -0.15) is 0 Å². The van der Waals surface area contributed by atoms with Gasteiger partial charge in [0.05, 0.1) is 10.6 Å². The van der Waals surface area contributed by atoms with Crippen LogP contribution in [0.2, 0.25) is 0 Å². The van der Waals surface area contributed by atoms with E-state index in [2.05, 4.69) is 30.9 Å². The van der Waals surface area contributed by atoms with E-state index in [9.17, 15) is 4.79 Å². The molecule has 1 saturated heterocycles. The maximum atomic E-state index is 12.8. The molecule has 1 heterocycles. The van der Waals surface area contributed by atoms with E-state index in [1.807, 2.05) is 49.4 Å². The third-order valence-corrected chi connectivity index (χ3v) is 5.71. The summed E-state index contributed by atoms with van der Waals surface area (Å²) in [5.41, 5.74) is 4.17. The molecule has 0 spiro atoms. The topological polar surface area (TPSA) is 23.6 Å². The number of rotatable bonds is 5. The Hall–Kier alpha value is -2.11. The van der Waals surface area contributed by atoms with Crippen LogP contribution in [0.1, 0.15) is 25.0 Å². The maximum Gasteiger partial charge on any atom is 0.270 e. The van der Waals surface area contributed by atoms with Gasteiger partial charge in [0, 0.05) is 18.8 Å². The molecule has 0 radical (unpaired) electrons. The zero-order valence-corrected chi connectivity index (χ0v) is 16.9. The first kappa shape index (κ1) is 18.7. The SMILES string of the molecule is CCN(CC)c1ccc(/C=C2/SC(=S)N(c3ccc(C)cc3)C2=O)cc1. The van der Waals surface area contributed by atoms with Crippen LogP contribution in [0.5, 0.6) is 0 Å². The largest absolute Gasteiger partial charge is 0.372 e. The Balaban J connectivity index is 1.82. The lowest BCUT2D eigenvalue weighted by molar-refractivity contribution is -0.113. The van der Waals surface area contributed by atoms with Crippen molar-refractivity contribution in [1.29, 1.82) is 0 Å². The number of benzene rings is 2. The van der Waals surface area contributed by atoms with Gasteiger partial charge in [0.25, 0.3) is 5.91 Å². The summed E-state index contributed by atoms with van der Waals surface area (Å²) in [4.78, 5) is 17.4. The molecule has 0 N–H and O–H groups in total. The molecule has 1 aliphatic heterocycles. The van der Waals surface area contributed by atoms with Gasteiger partial charge in [-0.25, -0.2) is 0 Å². The molecule has 0 aliphatic carbocycles. The van der Waals surface area contributed by atoms with E-state index in [0.29, 0.717) is 9.23 Å². The van der Waals surface area contributed by atoms with Crippen molar-refractivity contribution in [3.05, 3.63) is 64.6 Å². The van der Waals surface area contributed by atoms with Crippen molar-refractivity contribution in [2.75, 3.05) is 22.9 Å². The highest BCUT2D eigenvalue weighted by atomic mass is 32.2. The van der Waals surface area contributed by atoms with Crippen LogP contribution in [-0.4, -0.2) is 23.3 Å².